The van der Waals surface area contributed by atoms with E-state index in [1.165, 1.54) is 6.92 Å². The molecule has 0 aliphatic carbocycles. The van der Waals surface area contributed by atoms with Crippen LogP contribution in [0.15, 0.2) is 46.6 Å². The Morgan fingerprint density at radius 1 is 1.05 bits per heavy atom. The van der Waals surface area contributed by atoms with E-state index >= 15 is 0 Å². The zero-order chi connectivity index (χ0) is 28.5. The molecule has 0 amide bonds. The fourth-order valence-electron chi connectivity index (χ4n) is 3.86. The van der Waals surface area contributed by atoms with E-state index in [0.717, 1.165) is 41.6 Å². The van der Waals surface area contributed by atoms with Crippen molar-refractivity contribution < 1.29 is 30.7 Å². The van der Waals surface area contributed by atoms with Gasteiger partial charge in [0.15, 0.2) is 5.82 Å². The van der Waals surface area contributed by atoms with Crippen LogP contribution in [0.4, 0.5) is 36.4 Å². The van der Waals surface area contributed by atoms with E-state index in [-0.39, 0.29) is 28.7 Å². The van der Waals surface area contributed by atoms with Gasteiger partial charge in [-0.05, 0) is 19.1 Å². The average molecular weight is 557 g/mol. The summed E-state index contributed by atoms with van der Waals surface area (Å²) >= 11 is 0. The van der Waals surface area contributed by atoms with E-state index in [2.05, 4.69) is 25.4 Å². The van der Waals surface area contributed by atoms with Crippen molar-refractivity contribution in [2.24, 2.45) is 0 Å². The maximum absolute atomic E-state index is 14.8. The van der Waals surface area contributed by atoms with Crippen molar-refractivity contribution >= 4 is 16.6 Å². The number of hydrogen-bond donors (Lipinski definition) is 2. The fraction of sp³-hybridized carbons (Fsp3) is 0.304. The van der Waals surface area contributed by atoms with Gasteiger partial charge in [-0.25, -0.2) is 37.6 Å². The second kappa shape index (κ2) is 10.8. The monoisotopic (exact) mass is 557 g/mol. The fourth-order valence-corrected chi connectivity index (χ4v) is 3.86. The highest BCUT2D eigenvalue weighted by Crippen LogP contribution is 2.32. The molecular formula is C23H18F7N7O2. The highest BCUT2D eigenvalue weighted by molar-refractivity contribution is 5.82. The molecule has 16 heteroatoms. The van der Waals surface area contributed by atoms with Crippen molar-refractivity contribution in [3.8, 4) is 11.4 Å². The first-order chi connectivity index (χ1) is 18.3. The number of aromatic nitrogens is 6. The second-order valence-corrected chi connectivity index (χ2v) is 8.56. The summed E-state index contributed by atoms with van der Waals surface area (Å²) in [4.78, 5) is 35.9. The molecule has 206 valence electrons. The highest BCUT2D eigenvalue weighted by Gasteiger charge is 2.37. The Kier molecular flexibility index (Phi) is 7.65. The lowest BCUT2D eigenvalue weighted by Crippen LogP contribution is -2.30. The molecule has 1 aromatic carbocycles. The quantitative estimate of drug-likeness (QED) is 0.311. The van der Waals surface area contributed by atoms with Gasteiger partial charge in [0, 0.05) is 24.9 Å². The lowest BCUT2D eigenvalue weighted by Gasteiger charge is -2.20. The van der Waals surface area contributed by atoms with E-state index in [1.807, 2.05) is 0 Å². The predicted molar refractivity (Wildman–Crippen MR) is 124 cm³/mol. The number of rotatable bonds is 8. The van der Waals surface area contributed by atoms with Gasteiger partial charge in [0.25, 0.3) is 17.5 Å². The molecule has 0 aliphatic rings. The minimum Gasteiger partial charge on any atom is -0.381 e. The van der Waals surface area contributed by atoms with Gasteiger partial charge in [-0.15, -0.1) is 0 Å². The van der Waals surface area contributed by atoms with E-state index in [9.17, 15) is 40.3 Å². The zero-order valence-corrected chi connectivity index (χ0v) is 19.8. The molecule has 0 unspecified atom stereocenters. The zero-order valence-electron chi connectivity index (χ0n) is 19.8. The topological polar surface area (TPSA) is 118 Å². The maximum atomic E-state index is 14.8. The third kappa shape index (κ3) is 6.04. The second-order valence-electron chi connectivity index (χ2n) is 8.56. The Balaban J connectivity index is 1.51. The number of anilines is 1. The minimum absolute atomic E-state index is 0.0149. The number of alkyl halides is 6. The molecule has 0 bridgehead atoms. The standard InChI is InChI=1S/C23H18F7N7O2/c1-10(35-17-7-34-36-21(38)18(17)23(28,29)30)2-12(24)8-37-9-33-16-4-13(15(25)3-14(16)22(37)39)20-31-5-11(6-32-20)19(26)27/h3-7,9-10,12,19H,2,8H2,1H3,(H2,35,36,38)/t10-,12+/m0/s1. The number of benzene rings is 1. The van der Waals surface area contributed by atoms with Gasteiger partial charge in [0.2, 0.25) is 0 Å². The molecule has 2 atom stereocenters. The van der Waals surface area contributed by atoms with E-state index in [1.54, 1.807) is 5.10 Å². The molecule has 3 heterocycles. The van der Waals surface area contributed by atoms with Crippen LogP contribution in [0.3, 0.4) is 0 Å². The van der Waals surface area contributed by atoms with Gasteiger partial charge in [0.1, 0.15) is 17.6 Å². The SMILES string of the molecule is C[C@@H](C[C@@H](F)Cn1cnc2cc(-c3ncc(C(F)F)cn3)c(F)cc2c1=O)Nc1cn[nH]c(=O)c1C(F)(F)F. The van der Waals surface area contributed by atoms with Crippen molar-refractivity contribution in [2.75, 3.05) is 5.32 Å². The van der Waals surface area contributed by atoms with Crippen LogP contribution >= 0.6 is 0 Å². The number of hydrogen-bond acceptors (Lipinski definition) is 7. The van der Waals surface area contributed by atoms with Crippen molar-refractivity contribution in [1.29, 1.82) is 0 Å². The molecule has 0 radical (unpaired) electrons. The van der Waals surface area contributed by atoms with Crippen LogP contribution < -0.4 is 16.4 Å². The number of halogens is 7. The van der Waals surface area contributed by atoms with Crippen LogP contribution in [0, 0.1) is 5.82 Å². The first-order valence-corrected chi connectivity index (χ1v) is 11.2. The van der Waals surface area contributed by atoms with E-state index < -0.39 is 65.1 Å². The Bertz CT molecular complexity index is 1600. The third-order valence-electron chi connectivity index (χ3n) is 5.62. The largest absolute Gasteiger partial charge is 0.423 e. The van der Waals surface area contributed by atoms with Crippen molar-refractivity contribution in [3.05, 3.63) is 74.7 Å². The predicted octanol–water partition coefficient (Wildman–Crippen LogP) is 4.26. The number of nitrogens with zero attached hydrogens (tertiary/aromatic N) is 5. The normalized spacial score (nSPS) is 13.6. The smallest absolute Gasteiger partial charge is 0.381 e. The molecule has 9 nitrogen and oxygen atoms in total. The van der Waals surface area contributed by atoms with Crippen LogP contribution in [-0.4, -0.2) is 41.9 Å². The van der Waals surface area contributed by atoms with Crippen LogP contribution in [-0.2, 0) is 12.7 Å². The van der Waals surface area contributed by atoms with Crippen molar-refractivity contribution in [1.82, 2.24) is 29.7 Å². The van der Waals surface area contributed by atoms with Gasteiger partial charge in [-0.2, -0.15) is 18.3 Å². The average Bonchev–Trinajstić information content (AvgIpc) is 2.85. The van der Waals surface area contributed by atoms with Gasteiger partial charge >= 0.3 is 6.18 Å². The Morgan fingerprint density at radius 2 is 1.74 bits per heavy atom. The Hall–Kier alpha value is -4.37. The molecule has 0 saturated carbocycles. The number of H-pyrrole nitrogens is 1. The molecular weight excluding hydrogens is 539 g/mol. The van der Waals surface area contributed by atoms with Gasteiger partial charge < -0.3 is 5.32 Å². The minimum atomic E-state index is -4.98. The molecule has 4 rings (SSSR count). The summed E-state index contributed by atoms with van der Waals surface area (Å²) in [7, 11) is 0. The maximum Gasteiger partial charge on any atom is 0.423 e. The van der Waals surface area contributed by atoms with Gasteiger partial charge in [0.05, 0.1) is 46.8 Å². The summed E-state index contributed by atoms with van der Waals surface area (Å²) in [5.41, 5.74) is -5.02. The van der Waals surface area contributed by atoms with E-state index in [4.69, 9.17) is 0 Å². The molecule has 3 aromatic heterocycles. The van der Waals surface area contributed by atoms with Crippen LogP contribution in [0.25, 0.3) is 22.3 Å². The molecule has 4 aromatic rings. The summed E-state index contributed by atoms with van der Waals surface area (Å²) in [6.07, 6.45) is -6.45. The Labute approximate surface area is 213 Å². The lowest BCUT2D eigenvalue weighted by molar-refractivity contribution is -0.138. The van der Waals surface area contributed by atoms with Crippen LogP contribution in [0.2, 0.25) is 0 Å². The first-order valence-electron chi connectivity index (χ1n) is 11.2. The molecule has 2 N–H and O–H groups in total. The number of fused-ring (bicyclic) bond motifs is 1. The van der Waals surface area contributed by atoms with Gasteiger partial charge in [-0.3, -0.25) is 14.2 Å². The summed E-state index contributed by atoms with van der Waals surface area (Å²) in [6, 6.07) is 1.09. The molecule has 0 aliphatic heterocycles. The molecule has 0 saturated heterocycles. The van der Waals surface area contributed by atoms with Crippen molar-refractivity contribution in [2.45, 2.75) is 44.7 Å². The third-order valence-corrected chi connectivity index (χ3v) is 5.62. The summed E-state index contributed by atoms with van der Waals surface area (Å²) in [5, 5.41) is 7.22. The van der Waals surface area contributed by atoms with Crippen LogP contribution in [0.5, 0.6) is 0 Å². The van der Waals surface area contributed by atoms with Crippen molar-refractivity contribution in [3.63, 3.8) is 0 Å². The summed E-state index contributed by atoms with van der Waals surface area (Å²) in [5.74, 6) is -1.15. The Morgan fingerprint density at radius 3 is 2.38 bits per heavy atom. The molecule has 39 heavy (non-hydrogen) atoms. The molecule has 0 spiro atoms. The summed E-state index contributed by atoms with van der Waals surface area (Å²) < 4.78 is 95.5. The summed E-state index contributed by atoms with van der Waals surface area (Å²) in [6.45, 7) is 0.831. The lowest BCUT2D eigenvalue weighted by atomic mass is 10.1. The highest BCUT2D eigenvalue weighted by atomic mass is 19.4. The first kappa shape index (κ1) is 27.7. The van der Waals surface area contributed by atoms with Crippen LogP contribution in [0.1, 0.15) is 30.9 Å². The van der Waals surface area contributed by atoms with Gasteiger partial charge in [-0.1, -0.05) is 0 Å². The molecule has 0 fully saturated rings. The number of nitrogens with one attached hydrogen (secondary N) is 2. The van der Waals surface area contributed by atoms with E-state index in [0.29, 0.717) is 0 Å². The number of aromatic amines is 1.